The number of halogens is 1. The van der Waals surface area contributed by atoms with Gasteiger partial charge in [0.15, 0.2) is 11.5 Å². The van der Waals surface area contributed by atoms with E-state index in [9.17, 15) is 4.79 Å². The van der Waals surface area contributed by atoms with Gasteiger partial charge in [-0.1, -0.05) is 13.8 Å². The van der Waals surface area contributed by atoms with Crippen molar-refractivity contribution in [2.24, 2.45) is 11.7 Å². The molecule has 114 valence electrons. The van der Waals surface area contributed by atoms with Gasteiger partial charge >= 0.3 is 0 Å². The summed E-state index contributed by atoms with van der Waals surface area (Å²) in [6.45, 7) is 3.85. The molecule has 0 bridgehead atoms. The molecule has 1 aliphatic rings. The molecule has 6 heteroatoms. The number of aromatic nitrogens is 1. The van der Waals surface area contributed by atoms with Crippen molar-refractivity contribution in [2.75, 3.05) is 5.32 Å². The standard InChI is InChI=1S/C15H19N3O2.ClH/c1-8(2)13(16)14(19)17-10-5-6-12-11(7-10)18-15(20-12)9-3-4-9;/h5-9,13H,3-4,16H2,1-2H3,(H,17,19);1H. The maximum Gasteiger partial charge on any atom is 0.241 e. The number of nitrogens with zero attached hydrogens (tertiary/aromatic N) is 1. The Morgan fingerprint density at radius 1 is 1.43 bits per heavy atom. The lowest BCUT2D eigenvalue weighted by Crippen LogP contribution is -2.39. The maximum atomic E-state index is 11.9. The van der Waals surface area contributed by atoms with E-state index < -0.39 is 6.04 Å². The molecule has 21 heavy (non-hydrogen) atoms. The minimum absolute atomic E-state index is 0. The number of carbonyl (C=O) groups is 1. The van der Waals surface area contributed by atoms with E-state index in [4.69, 9.17) is 10.2 Å². The fourth-order valence-electron chi connectivity index (χ4n) is 2.06. The van der Waals surface area contributed by atoms with E-state index >= 15 is 0 Å². The Balaban J connectivity index is 0.00000161. The highest BCUT2D eigenvalue weighted by Gasteiger charge is 2.29. The molecule has 3 rings (SSSR count). The second-order valence-electron chi connectivity index (χ2n) is 5.77. The zero-order valence-corrected chi connectivity index (χ0v) is 12.9. The smallest absolute Gasteiger partial charge is 0.241 e. The average Bonchev–Trinajstić information content (AvgIpc) is 3.17. The predicted octanol–water partition coefficient (Wildman–Crippen LogP) is 3.05. The van der Waals surface area contributed by atoms with Crippen LogP contribution in [0.5, 0.6) is 0 Å². The second-order valence-corrected chi connectivity index (χ2v) is 5.77. The molecule has 0 spiro atoms. The lowest BCUT2D eigenvalue weighted by atomic mass is 10.0. The van der Waals surface area contributed by atoms with Gasteiger partial charge in [-0.25, -0.2) is 4.98 Å². The molecule has 0 radical (unpaired) electrons. The molecule has 1 heterocycles. The molecular formula is C15H20ClN3O2. The predicted molar refractivity (Wildman–Crippen MR) is 84.7 cm³/mol. The van der Waals surface area contributed by atoms with Gasteiger partial charge in [-0.3, -0.25) is 4.79 Å². The molecule has 3 N–H and O–H groups in total. The van der Waals surface area contributed by atoms with Crippen molar-refractivity contribution in [2.45, 2.75) is 38.6 Å². The van der Waals surface area contributed by atoms with Crippen LogP contribution in [-0.4, -0.2) is 16.9 Å². The molecule has 1 atom stereocenters. The topological polar surface area (TPSA) is 81.2 Å². The molecular weight excluding hydrogens is 290 g/mol. The van der Waals surface area contributed by atoms with Crippen LogP contribution in [0.3, 0.4) is 0 Å². The van der Waals surface area contributed by atoms with Gasteiger partial charge in [0.05, 0.1) is 6.04 Å². The molecule has 1 aliphatic carbocycles. The number of anilines is 1. The van der Waals surface area contributed by atoms with Crippen molar-refractivity contribution in [1.82, 2.24) is 4.98 Å². The van der Waals surface area contributed by atoms with Crippen molar-refractivity contribution in [3.8, 4) is 0 Å². The molecule has 1 unspecified atom stereocenters. The summed E-state index contributed by atoms with van der Waals surface area (Å²) in [7, 11) is 0. The van der Waals surface area contributed by atoms with Gasteiger partial charge in [0.25, 0.3) is 0 Å². The number of rotatable bonds is 4. The number of nitrogens with two attached hydrogens (primary N) is 1. The molecule has 1 saturated carbocycles. The maximum absolute atomic E-state index is 11.9. The number of fused-ring (bicyclic) bond motifs is 1. The summed E-state index contributed by atoms with van der Waals surface area (Å²) in [4.78, 5) is 16.4. The Morgan fingerprint density at radius 3 is 2.76 bits per heavy atom. The summed E-state index contributed by atoms with van der Waals surface area (Å²) < 4.78 is 5.69. The number of carbonyl (C=O) groups excluding carboxylic acids is 1. The van der Waals surface area contributed by atoms with Crippen LogP contribution >= 0.6 is 12.4 Å². The molecule has 1 amide bonds. The molecule has 0 saturated heterocycles. The van der Waals surface area contributed by atoms with Gasteiger partial charge in [-0.2, -0.15) is 0 Å². The van der Waals surface area contributed by atoms with Crippen LogP contribution in [0.25, 0.3) is 11.1 Å². The number of hydrogen-bond donors (Lipinski definition) is 2. The highest BCUT2D eigenvalue weighted by atomic mass is 35.5. The number of oxazole rings is 1. The first-order chi connectivity index (χ1) is 9.54. The van der Waals surface area contributed by atoms with E-state index in [-0.39, 0.29) is 24.2 Å². The summed E-state index contributed by atoms with van der Waals surface area (Å²) >= 11 is 0. The van der Waals surface area contributed by atoms with Crippen LogP contribution in [-0.2, 0) is 4.79 Å². The normalized spacial score (nSPS) is 15.8. The van der Waals surface area contributed by atoms with Gasteiger partial charge < -0.3 is 15.5 Å². The van der Waals surface area contributed by atoms with E-state index in [0.717, 1.165) is 29.8 Å². The Morgan fingerprint density at radius 2 is 2.14 bits per heavy atom. The fourth-order valence-corrected chi connectivity index (χ4v) is 2.06. The van der Waals surface area contributed by atoms with Crippen LogP contribution in [0.4, 0.5) is 5.69 Å². The van der Waals surface area contributed by atoms with Gasteiger partial charge in [0, 0.05) is 11.6 Å². The second kappa shape index (κ2) is 6.03. The first-order valence-electron chi connectivity index (χ1n) is 7.01. The summed E-state index contributed by atoms with van der Waals surface area (Å²) in [6, 6.07) is 4.97. The zero-order valence-electron chi connectivity index (χ0n) is 12.1. The number of benzene rings is 1. The van der Waals surface area contributed by atoms with Crippen LogP contribution < -0.4 is 11.1 Å². The van der Waals surface area contributed by atoms with E-state index in [2.05, 4.69) is 10.3 Å². The van der Waals surface area contributed by atoms with Gasteiger partial charge in [-0.05, 0) is 37.0 Å². The van der Waals surface area contributed by atoms with Gasteiger partial charge in [-0.15, -0.1) is 12.4 Å². The van der Waals surface area contributed by atoms with E-state index in [1.807, 2.05) is 32.0 Å². The molecule has 1 fully saturated rings. The molecule has 5 nitrogen and oxygen atoms in total. The van der Waals surface area contributed by atoms with Crippen molar-refractivity contribution in [1.29, 1.82) is 0 Å². The van der Waals surface area contributed by atoms with Crippen molar-refractivity contribution in [3.05, 3.63) is 24.1 Å². The quantitative estimate of drug-likeness (QED) is 0.909. The van der Waals surface area contributed by atoms with E-state index in [0.29, 0.717) is 11.6 Å². The number of hydrogen-bond acceptors (Lipinski definition) is 4. The Labute approximate surface area is 129 Å². The summed E-state index contributed by atoms with van der Waals surface area (Å²) in [6.07, 6.45) is 2.30. The average molecular weight is 310 g/mol. The van der Waals surface area contributed by atoms with Crippen LogP contribution in [0.15, 0.2) is 22.6 Å². The largest absolute Gasteiger partial charge is 0.440 e. The summed E-state index contributed by atoms with van der Waals surface area (Å²) in [5.41, 5.74) is 8.07. The van der Waals surface area contributed by atoms with Crippen molar-refractivity contribution in [3.63, 3.8) is 0 Å². The third-order valence-corrected chi connectivity index (χ3v) is 3.62. The molecule has 1 aromatic heterocycles. The first kappa shape index (κ1) is 15.8. The van der Waals surface area contributed by atoms with E-state index in [1.165, 1.54) is 0 Å². The molecule has 0 aliphatic heterocycles. The molecule has 1 aromatic carbocycles. The van der Waals surface area contributed by atoms with Gasteiger partial charge in [0.1, 0.15) is 5.52 Å². The minimum atomic E-state index is -0.509. The zero-order chi connectivity index (χ0) is 14.3. The highest BCUT2D eigenvalue weighted by molar-refractivity contribution is 5.96. The molecule has 2 aromatic rings. The Hall–Kier alpha value is -1.59. The SMILES string of the molecule is CC(C)C(N)C(=O)Nc1ccc2oc(C3CC3)nc2c1.Cl. The lowest BCUT2D eigenvalue weighted by Gasteiger charge is -2.15. The third kappa shape index (κ3) is 3.36. The monoisotopic (exact) mass is 309 g/mol. The minimum Gasteiger partial charge on any atom is -0.440 e. The number of nitrogens with one attached hydrogen (secondary N) is 1. The van der Waals surface area contributed by atoms with E-state index in [1.54, 1.807) is 0 Å². The Bertz CT molecular complexity index is 649. The van der Waals surface area contributed by atoms with Crippen LogP contribution in [0.1, 0.15) is 38.5 Å². The number of amides is 1. The highest BCUT2D eigenvalue weighted by Crippen LogP contribution is 2.40. The van der Waals surface area contributed by atoms with Crippen LogP contribution in [0.2, 0.25) is 0 Å². The lowest BCUT2D eigenvalue weighted by molar-refractivity contribution is -0.118. The Kier molecular flexibility index (Phi) is 4.54. The summed E-state index contributed by atoms with van der Waals surface area (Å²) in [5, 5.41) is 2.82. The summed E-state index contributed by atoms with van der Waals surface area (Å²) in [5.74, 6) is 1.22. The van der Waals surface area contributed by atoms with Gasteiger partial charge in [0.2, 0.25) is 5.91 Å². The third-order valence-electron chi connectivity index (χ3n) is 3.62. The first-order valence-corrected chi connectivity index (χ1v) is 7.01. The van der Waals surface area contributed by atoms with Crippen LogP contribution in [0, 0.1) is 5.92 Å². The van der Waals surface area contributed by atoms with Crippen molar-refractivity contribution >= 4 is 35.1 Å². The fraction of sp³-hybridized carbons (Fsp3) is 0.467. The van der Waals surface area contributed by atoms with Crippen molar-refractivity contribution < 1.29 is 9.21 Å².